The third-order valence-corrected chi connectivity index (χ3v) is 5.66. The van der Waals surface area contributed by atoms with Crippen LogP contribution in [-0.4, -0.2) is 21.0 Å². The lowest BCUT2D eigenvalue weighted by molar-refractivity contribution is 0.0695. The van der Waals surface area contributed by atoms with Crippen LogP contribution in [0.4, 0.5) is 0 Å². The molecule has 30 heavy (non-hydrogen) atoms. The Kier molecular flexibility index (Phi) is 4.46. The molecule has 3 aromatic carbocycles. The van der Waals surface area contributed by atoms with Crippen LogP contribution in [0.25, 0.3) is 22.2 Å². The van der Waals surface area contributed by atoms with Gasteiger partial charge in [-0.25, -0.2) is 4.79 Å². The van der Waals surface area contributed by atoms with Gasteiger partial charge in [-0.1, -0.05) is 29.8 Å². The molecule has 0 atom stereocenters. The van der Waals surface area contributed by atoms with Gasteiger partial charge in [0.05, 0.1) is 21.6 Å². The summed E-state index contributed by atoms with van der Waals surface area (Å²) in [5.74, 6) is -0.599. The molecule has 6 nitrogen and oxygen atoms in total. The largest absolute Gasteiger partial charge is 0.478 e. The number of carboxylic acid groups (broad SMARTS) is 1. The summed E-state index contributed by atoms with van der Waals surface area (Å²) < 4.78 is 5.77. The Bertz CT molecular complexity index is 1310. The first-order chi connectivity index (χ1) is 14.5. The van der Waals surface area contributed by atoms with Crippen LogP contribution >= 0.6 is 11.6 Å². The number of nitrogens with zero attached hydrogens (tertiary/aromatic N) is 1. The van der Waals surface area contributed by atoms with Gasteiger partial charge in [0.2, 0.25) is 0 Å². The van der Waals surface area contributed by atoms with Gasteiger partial charge in [-0.2, -0.15) is 4.98 Å². The van der Waals surface area contributed by atoms with E-state index in [1.54, 1.807) is 19.1 Å². The van der Waals surface area contributed by atoms with Crippen LogP contribution in [0, 0.1) is 6.92 Å². The molecule has 0 fully saturated rings. The van der Waals surface area contributed by atoms with Crippen molar-refractivity contribution >= 4 is 28.6 Å². The van der Waals surface area contributed by atoms with Crippen molar-refractivity contribution in [3.8, 4) is 22.9 Å². The highest BCUT2D eigenvalue weighted by Crippen LogP contribution is 2.34. The van der Waals surface area contributed by atoms with Crippen LogP contribution < -0.4 is 10.1 Å². The number of ether oxygens (including phenoxy) is 1. The topological polar surface area (TPSA) is 87.2 Å². The molecular formula is C23H18ClN3O3. The van der Waals surface area contributed by atoms with Gasteiger partial charge < -0.3 is 20.1 Å². The summed E-state index contributed by atoms with van der Waals surface area (Å²) in [6.45, 7) is 3.50. The molecule has 1 aromatic heterocycles. The first kappa shape index (κ1) is 18.7. The number of aromatic nitrogens is 2. The summed E-state index contributed by atoms with van der Waals surface area (Å²) in [5.41, 5.74) is 6.86. The van der Waals surface area contributed by atoms with Crippen LogP contribution in [0.2, 0.25) is 5.02 Å². The van der Waals surface area contributed by atoms with Crippen LogP contribution in [0.15, 0.2) is 48.5 Å². The Morgan fingerprint density at radius 1 is 1.10 bits per heavy atom. The lowest BCUT2D eigenvalue weighted by Crippen LogP contribution is -2.00. The molecule has 1 aliphatic heterocycles. The van der Waals surface area contributed by atoms with Crippen molar-refractivity contribution in [2.45, 2.75) is 20.0 Å². The second-order valence-corrected chi connectivity index (χ2v) is 7.77. The number of aryl methyl sites for hydroxylation is 1. The molecule has 0 bridgehead atoms. The quantitative estimate of drug-likeness (QED) is 0.418. The summed E-state index contributed by atoms with van der Waals surface area (Å²) in [6, 6.07) is 15.3. The zero-order valence-corrected chi connectivity index (χ0v) is 16.9. The molecule has 5 rings (SSSR count). The van der Waals surface area contributed by atoms with E-state index in [0.29, 0.717) is 21.9 Å². The minimum atomic E-state index is -0.997. The minimum absolute atomic E-state index is 0.194. The molecule has 0 radical (unpaired) electrons. The van der Waals surface area contributed by atoms with Gasteiger partial charge in [-0.15, -0.1) is 0 Å². The van der Waals surface area contributed by atoms with E-state index >= 15 is 0 Å². The maximum absolute atomic E-state index is 11.4. The second kappa shape index (κ2) is 7.16. The zero-order valence-electron chi connectivity index (χ0n) is 16.1. The summed E-state index contributed by atoms with van der Waals surface area (Å²) >= 11 is 6.56. The molecule has 1 aliphatic rings. The van der Waals surface area contributed by atoms with Crippen molar-refractivity contribution < 1.29 is 14.6 Å². The van der Waals surface area contributed by atoms with Crippen molar-refractivity contribution in [3.63, 3.8) is 0 Å². The number of fused-ring (bicyclic) bond motifs is 2. The highest BCUT2D eigenvalue weighted by atomic mass is 35.5. The number of aromatic amines is 1. The van der Waals surface area contributed by atoms with E-state index in [0.717, 1.165) is 29.7 Å². The van der Waals surface area contributed by atoms with Crippen molar-refractivity contribution in [1.82, 2.24) is 15.3 Å². The van der Waals surface area contributed by atoms with Crippen molar-refractivity contribution in [2.24, 2.45) is 0 Å². The van der Waals surface area contributed by atoms with Crippen molar-refractivity contribution in [1.29, 1.82) is 0 Å². The Balaban J connectivity index is 1.49. The third-order valence-electron chi connectivity index (χ3n) is 5.35. The number of imidazole rings is 1. The maximum atomic E-state index is 11.4. The lowest BCUT2D eigenvalue weighted by Gasteiger charge is -2.07. The molecule has 7 heteroatoms. The monoisotopic (exact) mass is 419 g/mol. The Hall–Kier alpha value is -3.35. The summed E-state index contributed by atoms with van der Waals surface area (Å²) in [5, 5.41) is 13.3. The molecule has 0 saturated carbocycles. The van der Waals surface area contributed by atoms with Gasteiger partial charge in [0.1, 0.15) is 5.75 Å². The van der Waals surface area contributed by atoms with Crippen LogP contribution in [0.1, 0.15) is 27.0 Å². The Labute approximate surface area is 177 Å². The number of carbonyl (C=O) groups is 1. The van der Waals surface area contributed by atoms with E-state index in [1.165, 1.54) is 17.2 Å². The van der Waals surface area contributed by atoms with Gasteiger partial charge in [-0.05, 0) is 59.5 Å². The van der Waals surface area contributed by atoms with E-state index in [2.05, 4.69) is 33.5 Å². The normalized spacial score (nSPS) is 12.9. The fourth-order valence-electron chi connectivity index (χ4n) is 3.75. The fourth-order valence-corrected chi connectivity index (χ4v) is 4.02. The molecule has 0 unspecified atom stereocenters. The number of rotatable bonds is 4. The summed E-state index contributed by atoms with van der Waals surface area (Å²) in [6.07, 6.45) is 0. The first-order valence-corrected chi connectivity index (χ1v) is 9.90. The van der Waals surface area contributed by atoms with Gasteiger partial charge in [0.25, 0.3) is 6.01 Å². The van der Waals surface area contributed by atoms with Gasteiger partial charge in [0, 0.05) is 18.7 Å². The maximum Gasteiger partial charge on any atom is 0.336 e. The molecule has 150 valence electrons. The number of nitrogens with one attached hydrogen (secondary N) is 2. The van der Waals surface area contributed by atoms with E-state index in [4.69, 9.17) is 16.3 Å². The molecule has 0 saturated heterocycles. The number of hydrogen-bond donors (Lipinski definition) is 3. The molecule has 0 aliphatic carbocycles. The van der Waals surface area contributed by atoms with E-state index < -0.39 is 5.97 Å². The van der Waals surface area contributed by atoms with E-state index in [1.807, 2.05) is 12.1 Å². The SMILES string of the molecule is Cc1ccc(Oc2nc3cc(-c4ccc5c(c4)CNC5)c(Cl)cc3[nH]2)cc1C(=O)O. The highest BCUT2D eigenvalue weighted by Gasteiger charge is 2.15. The lowest BCUT2D eigenvalue weighted by atomic mass is 10.00. The van der Waals surface area contributed by atoms with Gasteiger partial charge >= 0.3 is 5.97 Å². The summed E-state index contributed by atoms with van der Waals surface area (Å²) in [7, 11) is 0. The number of carboxylic acids is 1. The molecule has 4 aromatic rings. The average Bonchev–Trinajstić information content (AvgIpc) is 3.33. The van der Waals surface area contributed by atoms with Crippen molar-refractivity contribution in [2.75, 3.05) is 0 Å². The van der Waals surface area contributed by atoms with Crippen molar-refractivity contribution in [3.05, 3.63) is 75.8 Å². The molecule has 0 spiro atoms. The average molecular weight is 420 g/mol. The third kappa shape index (κ3) is 3.30. The predicted octanol–water partition coefficient (Wildman–Crippen LogP) is 5.29. The van der Waals surface area contributed by atoms with Crippen LogP contribution in [-0.2, 0) is 13.1 Å². The second-order valence-electron chi connectivity index (χ2n) is 7.36. The first-order valence-electron chi connectivity index (χ1n) is 9.52. The Morgan fingerprint density at radius 3 is 2.77 bits per heavy atom. The predicted molar refractivity (Wildman–Crippen MR) is 115 cm³/mol. The Morgan fingerprint density at radius 2 is 1.93 bits per heavy atom. The molecule has 2 heterocycles. The van der Waals surface area contributed by atoms with Crippen LogP contribution in [0.3, 0.4) is 0 Å². The molecule has 0 amide bonds. The fraction of sp³-hybridized carbons (Fsp3) is 0.130. The van der Waals surface area contributed by atoms with E-state index in [-0.39, 0.29) is 11.6 Å². The minimum Gasteiger partial charge on any atom is -0.478 e. The van der Waals surface area contributed by atoms with Gasteiger partial charge in [-0.3, -0.25) is 0 Å². The number of hydrogen-bond acceptors (Lipinski definition) is 4. The smallest absolute Gasteiger partial charge is 0.336 e. The number of H-pyrrole nitrogens is 1. The number of halogens is 1. The molecular weight excluding hydrogens is 402 g/mol. The number of benzene rings is 3. The highest BCUT2D eigenvalue weighted by molar-refractivity contribution is 6.34. The molecule has 3 N–H and O–H groups in total. The van der Waals surface area contributed by atoms with Gasteiger partial charge in [0.15, 0.2) is 0 Å². The summed E-state index contributed by atoms with van der Waals surface area (Å²) in [4.78, 5) is 19.0. The standard InChI is InChI=1S/C23H18ClN3O3/c1-12-2-5-16(7-17(12)22(28)29)30-23-26-20-8-18(19(24)9-21(20)27-23)13-3-4-14-10-25-11-15(14)6-13/h2-9,25H,10-11H2,1H3,(H,26,27)(H,28,29). The van der Waals surface area contributed by atoms with E-state index in [9.17, 15) is 9.90 Å². The number of aromatic carboxylic acids is 1. The van der Waals surface area contributed by atoms with Crippen LogP contribution in [0.5, 0.6) is 11.8 Å². The zero-order chi connectivity index (χ0) is 20.8.